The van der Waals surface area contributed by atoms with E-state index in [1.54, 1.807) is 0 Å². The highest BCUT2D eigenvalue weighted by atomic mass is 16.5. The molecule has 1 aliphatic rings. The molecule has 1 rings (SSSR count). The number of rotatable bonds is 4. The smallest absolute Gasteiger partial charge is 0.322 e. The Balaban J connectivity index is 2.40. The van der Waals surface area contributed by atoms with E-state index in [9.17, 15) is 4.79 Å². The van der Waals surface area contributed by atoms with Gasteiger partial charge in [0.2, 0.25) is 0 Å². The second-order valence-corrected chi connectivity index (χ2v) is 4.25. The summed E-state index contributed by atoms with van der Waals surface area (Å²) in [7, 11) is 3.56. The zero-order chi connectivity index (χ0) is 11.3. The van der Waals surface area contributed by atoms with Crippen LogP contribution < -0.4 is 5.32 Å². The summed E-state index contributed by atoms with van der Waals surface area (Å²) in [4.78, 5) is 13.7. The van der Waals surface area contributed by atoms with Gasteiger partial charge in [0.05, 0.1) is 7.11 Å². The molecular weight excluding hydrogens is 192 g/mol. The molecule has 1 heterocycles. The summed E-state index contributed by atoms with van der Waals surface area (Å²) < 4.78 is 4.76. The summed E-state index contributed by atoms with van der Waals surface area (Å²) in [6.45, 7) is 4.18. The minimum Gasteiger partial charge on any atom is -0.468 e. The topological polar surface area (TPSA) is 41.6 Å². The maximum atomic E-state index is 11.4. The number of esters is 1. The van der Waals surface area contributed by atoms with Crippen LogP contribution in [0.15, 0.2) is 0 Å². The van der Waals surface area contributed by atoms with Gasteiger partial charge in [0.25, 0.3) is 0 Å². The number of ether oxygens (including phenoxy) is 1. The molecule has 0 radical (unpaired) electrons. The lowest BCUT2D eigenvalue weighted by Crippen LogP contribution is -2.50. The normalized spacial score (nSPS) is 24.9. The Kier molecular flexibility index (Phi) is 5.05. The summed E-state index contributed by atoms with van der Waals surface area (Å²) >= 11 is 0. The van der Waals surface area contributed by atoms with Gasteiger partial charge in [0, 0.05) is 12.6 Å². The molecule has 0 aromatic carbocycles. The van der Waals surface area contributed by atoms with Crippen molar-refractivity contribution in [3.05, 3.63) is 0 Å². The molecule has 2 unspecified atom stereocenters. The van der Waals surface area contributed by atoms with Crippen molar-refractivity contribution in [3.8, 4) is 0 Å². The predicted molar refractivity (Wildman–Crippen MR) is 59.7 cm³/mol. The van der Waals surface area contributed by atoms with E-state index in [1.165, 1.54) is 13.5 Å². The molecule has 2 atom stereocenters. The van der Waals surface area contributed by atoms with Gasteiger partial charge in [-0.1, -0.05) is 6.92 Å². The van der Waals surface area contributed by atoms with Crippen molar-refractivity contribution in [1.82, 2.24) is 10.2 Å². The molecule has 1 fully saturated rings. The molecule has 88 valence electrons. The number of likely N-dealkylation sites (N-methyl/N-ethyl adjacent to an activating group) is 1. The molecular formula is C11H22N2O2. The second-order valence-electron chi connectivity index (χ2n) is 4.25. The van der Waals surface area contributed by atoms with Crippen molar-refractivity contribution >= 4 is 5.97 Å². The van der Waals surface area contributed by atoms with Gasteiger partial charge in [-0.3, -0.25) is 4.79 Å². The maximum absolute atomic E-state index is 11.4. The van der Waals surface area contributed by atoms with Crippen LogP contribution in [-0.4, -0.2) is 50.2 Å². The van der Waals surface area contributed by atoms with Crippen LogP contribution in [0.2, 0.25) is 0 Å². The van der Waals surface area contributed by atoms with Crippen LogP contribution in [0.1, 0.15) is 26.2 Å². The van der Waals surface area contributed by atoms with Crippen LogP contribution >= 0.6 is 0 Å². The highest BCUT2D eigenvalue weighted by Gasteiger charge is 2.23. The third-order valence-electron chi connectivity index (χ3n) is 2.96. The summed E-state index contributed by atoms with van der Waals surface area (Å²) in [5.74, 6) is -0.147. The minimum atomic E-state index is -0.147. The molecule has 1 aliphatic heterocycles. The number of nitrogens with one attached hydrogen (secondary N) is 1. The van der Waals surface area contributed by atoms with Gasteiger partial charge in [-0.25, -0.2) is 0 Å². The van der Waals surface area contributed by atoms with Crippen molar-refractivity contribution < 1.29 is 9.53 Å². The zero-order valence-corrected chi connectivity index (χ0v) is 9.95. The molecule has 4 nitrogen and oxygen atoms in total. The monoisotopic (exact) mass is 214 g/mol. The summed E-state index contributed by atoms with van der Waals surface area (Å²) in [6, 6.07) is 0.277. The third-order valence-corrected chi connectivity index (χ3v) is 2.96. The number of hydrogen-bond acceptors (Lipinski definition) is 4. The standard InChI is InChI=1S/C11H22N2O2/c1-4-10(11(14)15-3)12-9-6-5-7-13(2)8-9/h9-10,12H,4-8H2,1-3H3. The molecule has 0 bridgehead atoms. The Morgan fingerprint density at radius 2 is 2.40 bits per heavy atom. The largest absolute Gasteiger partial charge is 0.468 e. The van der Waals surface area contributed by atoms with Crippen molar-refractivity contribution in [2.45, 2.75) is 38.3 Å². The summed E-state index contributed by atoms with van der Waals surface area (Å²) in [5.41, 5.74) is 0. The number of piperidine rings is 1. The summed E-state index contributed by atoms with van der Waals surface area (Å²) in [6.07, 6.45) is 3.14. The molecule has 1 N–H and O–H groups in total. The molecule has 0 spiro atoms. The first-order valence-corrected chi connectivity index (χ1v) is 5.69. The van der Waals surface area contributed by atoms with Crippen LogP contribution in [-0.2, 0) is 9.53 Å². The first-order chi connectivity index (χ1) is 7.17. The lowest BCUT2D eigenvalue weighted by Gasteiger charge is -2.32. The molecule has 1 saturated heterocycles. The second kappa shape index (κ2) is 6.08. The van der Waals surface area contributed by atoms with Crippen molar-refractivity contribution in [3.63, 3.8) is 0 Å². The Morgan fingerprint density at radius 3 is 2.93 bits per heavy atom. The number of methoxy groups -OCH3 is 1. The molecule has 0 saturated carbocycles. The van der Waals surface area contributed by atoms with Crippen molar-refractivity contribution in [2.75, 3.05) is 27.2 Å². The lowest BCUT2D eigenvalue weighted by molar-refractivity contribution is -0.143. The number of carbonyl (C=O) groups is 1. The predicted octanol–water partition coefficient (Wildman–Crippen LogP) is 0.622. The van der Waals surface area contributed by atoms with E-state index in [2.05, 4.69) is 17.3 Å². The van der Waals surface area contributed by atoms with E-state index in [0.29, 0.717) is 6.04 Å². The van der Waals surface area contributed by atoms with Gasteiger partial charge in [0.1, 0.15) is 6.04 Å². The van der Waals surface area contributed by atoms with Crippen molar-refractivity contribution in [2.24, 2.45) is 0 Å². The molecule has 4 heteroatoms. The van der Waals surface area contributed by atoms with Crippen LogP contribution in [0.3, 0.4) is 0 Å². The van der Waals surface area contributed by atoms with Gasteiger partial charge < -0.3 is 15.0 Å². The van der Waals surface area contributed by atoms with Crippen LogP contribution in [0.4, 0.5) is 0 Å². The average molecular weight is 214 g/mol. The van der Waals surface area contributed by atoms with Gasteiger partial charge in [-0.15, -0.1) is 0 Å². The molecule has 0 aliphatic carbocycles. The van der Waals surface area contributed by atoms with Crippen LogP contribution in [0.25, 0.3) is 0 Å². The van der Waals surface area contributed by atoms with Crippen LogP contribution in [0.5, 0.6) is 0 Å². The fourth-order valence-corrected chi connectivity index (χ4v) is 2.08. The molecule has 15 heavy (non-hydrogen) atoms. The van der Waals surface area contributed by atoms with Crippen molar-refractivity contribution in [1.29, 1.82) is 0 Å². The Bertz CT molecular complexity index is 209. The number of hydrogen-bond donors (Lipinski definition) is 1. The number of likely N-dealkylation sites (tertiary alicyclic amines) is 1. The summed E-state index contributed by atoms with van der Waals surface area (Å²) in [5, 5.41) is 3.37. The number of carbonyl (C=O) groups excluding carboxylic acids is 1. The van der Waals surface area contributed by atoms with Gasteiger partial charge >= 0.3 is 5.97 Å². The van der Waals surface area contributed by atoms with Gasteiger partial charge in [-0.2, -0.15) is 0 Å². The van der Waals surface area contributed by atoms with Gasteiger partial charge in [0.15, 0.2) is 0 Å². The highest BCUT2D eigenvalue weighted by molar-refractivity contribution is 5.75. The Hall–Kier alpha value is -0.610. The van der Waals surface area contributed by atoms with Crippen LogP contribution in [0, 0.1) is 0 Å². The van der Waals surface area contributed by atoms with E-state index in [4.69, 9.17) is 4.74 Å². The Labute approximate surface area is 92.0 Å². The number of nitrogens with zero attached hydrogens (tertiary/aromatic N) is 1. The maximum Gasteiger partial charge on any atom is 0.322 e. The van der Waals surface area contributed by atoms with E-state index in [1.807, 2.05) is 6.92 Å². The molecule has 0 amide bonds. The zero-order valence-electron chi connectivity index (χ0n) is 9.95. The first kappa shape index (κ1) is 12.5. The fourth-order valence-electron chi connectivity index (χ4n) is 2.08. The van der Waals surface area contributed by atoms with E-state index < -0.39 is 0 Å². The van der Waals surface area contributed by atoms with E-state index in [-0.39, 0.29) is 12.0 Å². The lowest BCUT2D eigenvalue weighted by atomic mass is 10.0. The van der Waals surface area contributed by atoms with Gasteiger partial charge in [-0.05, 0) is 32.9 Å². The molecule has 0 aromatic heterocycles. The third kappa shape index (κ3) is 3.80. The van der Waals surface area contributed by atoms with E-state index in [0.717, 1.165) is 25.9 Å². The van der Waals surface area contributed by atoms with E-state index >= 15 is 0 Å². The quantitative estimate of drug-likeness (QED) is 0.697. The first-order valence-electron chi connectivity index (χ1n) is 5.69. The minimum absolute atomic E-state index is 0.147. The highest BCUT2D eigenvalue weighted by Crippen LogP contribution is 2.09. The average Bonchev–Trinajstić information content (AvgIpc) is 2.25. The SMILES string of the molecule is CCC(NC1CCCN(C)C1)C(=O)OC. The molecule has 0 aromatic rings. The fraction of sp³-hybridized carbons (Fsp3) is 0.909. The Morgan fingerprint density at radius 1 is 1.67 bits per heavy atom.